The zero-order valence-corrected chi connectivity index (χ0v) is 11.6. The average molecular weight is 266 g/mol. The van der Waals surface area contributed by atoms with Gasteiger partial charge in [-0.2, -0.15) is 0 Å². The van der Waals surface area contributed by atoms with Crippen molar-refractivity contribution < 1.29 is 14.4 Å². The molecule has 2 heterocycles. The van der Waals surface area contributed by atoms with Gasteiger partial charge in [-0.05, 0) is 19.8 Å². The number of amides is 1. The van der Waals surface area contributed by atoms with Crippen molar-refractivity contribution >= 4 is 11.6 Å². The summed E-state index contributed by atoms with van der Waals surface area (Å²) >= 11 is 0. The van der Waals surface area contributed by atoms with Gasteiger partial charge in [-0.3, -0.25) is 4.79 Å². The van der Waals surface area contributed by atoms with Gasteiger partial charge in [0.1, 0.15) is 0 Å². The zero-order chi connectivity index (χ0) is 13.3. The van der Waals surface area contributed by atoms with Crippen molar-refractivity contribution in [3.8, 4) is 0 Å². The summed E-state index contributed by atoms with van der Waals surface area (Å²) in [6.45, 7) is 3.96. The minimum absolute atomic E-state index is 0.0776. The van der Waals surface area contributed by atoms with Gasteiger partial charge in [-0.1, -0.05) is 24.4 Å². The van der Waals surface area contributed by atoms with E-state index >= 15 is 0 Å². The van der Waals surface area contributed by atoms with Crippen LogP contribution in [0.2, 0.25) is 0 Å². The Morgan fingerprint density at radius 3 is 2.84 bits per heavy atom. The molecule has 5 heteroatoms. The molecule has 0 bridgehead atoms. The van der Waals surface area contributed by atoms with Crippen LogP contribution in [0.5, 0.6) is 0 Å². The molecule has 106 valence electrons. The molecule has 2 aliphatic heterocycles. The van der Waals surface area contributed by atoms with E-state index in [9.17, 15) is 4.79 Å². The minimum atomic E-state index is -0.404. The molecule has 1 aliphatic carbocycles. The third-order valence-corrected chi connectivity index (χ3v) is 4.42. The van der Waals surface area contributed by atoms with E-state index in [0.29, 0.717) is 19.6 Å². The van der Waals surface area contributed by atoms with Crippen molar-refractivity contribution in [2.24, 2.45) is 5.16 Å². The van der Waals surface area contributed by atoms with Crippen molar-refractivity contribution in [3.05, 3.63) is 0 Å². The monoisotopic (exact) mass is 266 g/mol. The summed E-state index contributed by atoms with van der Waals surface area (Å²) in [5.74, 6) is 0.0776. The van der Waals surface area contributed by atoms with Gasteiger partial charge in [0.2, 0.25) is 6.10 Å². The van der Waals surface area contributed by atoms with Crippen LogP contribution in [0.15, 0.2) is 5.16 Å². The molecule has 5 nitrogen and oxygen atoms in total. The normalized spacial score (nSPS) is 30.1. The Hall–Kier alpha value is -1.10. The Labute approximate surface area is 113 Å². The van der Waals surface area contributed by atoms with Gasteiger partial charge in [-0.15, -0.1) is 0 Å². The predicted molar refractivity (Wildman–Crippen MR) is 70.9 cm³/mol. The first kappa shape index (κ1) is 12.9. The standard InChI is InChI=1S/C14H22N2O3/c1-11-9-12(19-15-11)13(17)16-7-8-18-14(10-16)5-3-2-4-6-14/h12H,2-10H2,1H3/t12-/m1/s1. The van der Waals surface area contributed by atoms with E-state index in [1.807, 2.05) is 11.8 Å². The second kappa shape index (κ2) is 5.12. The van der Waals surface area contributed by atoms with Crippen LogP contribution in [-0.2, 0) is 14.4 Å². The smallest absolute Gasteiger partial charge is 0.267 e. The summed E-state index contributed by atoms with van der Waals surface area (Å²) in [6, 6.07) is 0. The molecule has 0 aromatic heterocycles. The molecule has 1 spiro atoms. The lowest BCUT2D eigenvalue weighted by molar-refractivity contribution is -0.164. The lowest BCUT2D eigenvalue weighted by Gasteiger charge is -2.45. The highest BCUT2D eigenvalue weighted by Gasteiger charge is 2.41. The highest BCUT2D eigenvalue weighted by molar-refractivity contribution is 5.91. The van der Waals surface area contributed by atoms with E-state index in [0.717, 1.165) is 25.1 Å². The quantitative estimate of drug-likeness (QED) is 0.726. The van der Waals surface area contributed by atoms with E-state index in [-0.39, 0.29) is 11.5 Å². The summed E-state index contributed by atoms with van der Waals surface area (Å²) < 4.78 is 6.01. The number of nitrogens with zero attached hydrogens (tertiary/aromatic N) is 2. The first-order chi connectivity index (χ1) is 9.19. The number of morpholine rings is 1. The molecule has 0 radical (unpaired) electrons. The van der Waals surface area contributed by atoms with E-state index in [1.165, 1.54) is 19.3 Å². The maximum atomic E-state index is 12.4. The molecule has 0 aromatic carbocycles. The minimum Gasteiger partial charge on any atom is -0.382 e. The molecule has 19 heavy (non-hydrogen) atoms. The van der Waals surface area contributed by atoms with Gasteiger partial charge in [0.15, 0.2) is 0 Å². The van der Waals surface area contributed by atoms with Gasteiger partial charge < -0.3 is 14.5 Å². The molecular weight excluding hydrogens is 244 g/mol. The molecule has 1 atom stereocenters. The van der Waals surface area contributed by atoms with Gasteiger partial charge in [0, 0.05) is 19.5 Å². The molecular formula is C14H22N2O3. The second-order valence-corrected chi connectivity index (χ2v) is 5.98. The fourth-order valence-electron chi connectivity index (χ4n) is 3.36. The fraction of sp³-hybridized carbons (Fsp3) is 0.857. The van der Waals surface area contributed by atoms with Crippen LogP contribution >= 0.6 is 0 Å². The topological polar surface area (TPSA) is 51.1 Å². The second-order valence-electron chi connectivity index (χ2n) is 5.98. The first-order valence-electron chi connectivity index (χ1n) is 7.31. The third kappa shape index (κ3) is 2.61. The van der Waals surface area contributed by atoms with Gasteiger partial charge in [0.05, 0.1) is 17.9 Å². The maximum absolute atomic E-state index is 12.4. The molecule has 1 amide bonds. The third-order valence-electron chi connectivity index (χ3n) is 4.42. The molecule has 3 aliphatic rings. The molecule has 2 fully saturated rings. The molecule has 3 rings (SSSR count). The lowest BCUT2D eigenvalue weighted by atomic mass is 9.83. The van der Waals surface area contributed by atoms with E-state index in [4.69, 9.17) is 9.57 Å². The van der Waals surface area contributed by atoms with Crippen LogP contribution in [0.25, 0.3) is 0 Å². The van der Waals surface area contributed by atoms with Crippen LogP contribution < -0.4 is 0 Å². The van der Waals surface area contributed by atoms with Gasteiger partial charge in [-0.25, -0.2) is 0 Å². The molecule has 0 aromatic rings. The molecule has 0 unspecified atom stereocenters. The number of oxime groups is 1. The maximum Gasteiger partial charge on any atom is 0.267 e. The van der Waals surface area contributed by atoms with Crippen molar-refractivity contribution in [1.29, 1.82) is 0 Å². The van der Waals surface area contributed by atoms with E-state index in [1.54, 1.807) is 0 Å². The van der Waals surface area contributed by atoms with Gasteiger partial charge >= 0.3 is 0 Å². The number of rotatable bonds is 1. The average Bonchev–Trinajstić information content (AvgIpc) is 2.85. The number of hydrogen-bond acceptors (Lipinski definition) is 4. The van der Waals surface area contributed by atoms with Crippen molar-refractivity contribution in [3.63, 3.8) is 0 Å². The van der Waals surface area contributed by atoms with Crippen LogP contribution in [-0.4, -0.2) is 47.9 Å². The Balaban J connectivity index is 1.63. The number of carbonyl (C=O) groups is 1. The van der Waals surface area contributed by atoms with E-state index in [2.05, 4.69) is 5.16 Å². The summed E-state index contributed by atoms with van der Waals surface area (Å²) in [5, 5.41) is 3.88. The highest BCUT2D eigenvalue weighted by atomic mass is 16.6. The number of hydrogen-bond donors (Lipinski definition) is 0. The Morgan fingerprint density at radius 1 is 1.37 bits per heavy atom. The number of carbonyl (C=O) groups excluding carboxylic acids is 1. The van der Waals surface area contributed by atoms with Crippen LogP contribution in [0, 0.1) is 0 Å². The summed E-state index contributed by atoms with van der Waals surface area (Å²) in [7, 11) is 0. The zero-order valence-electron chi connectivity index (χ0n) is 11.6. The van der Waals surface area contributed by atoms with Crippen LogP contribution in [0.3, 0.4) is 0 Å². The summed E-state index contributed by atoms with van der Waals surface area (Å²) in [6.07, 6.45) is 6.10. The molecule has 1 saturated carbocycles. The van der Waals surface area contributed by atoms with Crippen molar-refractivity contribution in [1.82, 2.24) is 4.90 Å². The summed E-state index contributed by atoms with van der Waals surface area (Å²) in [4.78, 5) is 19.6. The Morgan fingerprint density at radius 2 is 2.16 bits per heavy atom. The molecule has 1 saturated heterocycles. The summed E-state index contributed by atoms with van der Waals surface area (Å²) in [5.41, 5.74) is 0.819. The molecule has 0 N–H and O–H groups in total. The van der Waals surface area contributed by atoms with Crippen LogP contribution in [0.4, 0.5) is 0 Å². The Bertz CT molecular complexity index is 383. The number of ether oxygens (including phenoxy) is 1. The largest absolute Gasteiger partial charge is 0.382 e. The SMILES string of the molecule is CC1=NO[C@@H](C(=O)N2CCOC3(CCCCC3)C2)C1. The van der Waals surface area contributed by atoms with Crippen LogP contribution in [0.1, 0.15) is 45.4 Å². The van der Waals surface area contributed by atoms with E-state index < -0.39 is 6.10 Å². The van der Waals surface area contributed by atoms with Crippen molar-refractivity contribution in [2.75, 3.05) is 19.7 Å². The van der Waals surface area contributed by atoms with Crippen molar-refractivity contribution in [2.45, 2.75) is 57.2 Å². The highest BCUT2D eigenvalue weighted by Crippen LogP contribution is 2.34. The fourth-order valence-corrected chi connectivity index (χ4v) is 3.36. The van der Waals surface area contributed by atoms with Gasteiger partial charge in [0.25, 0.3) is 5.91 Å². The Kier molecular flexibility index (Phi) is 3.48. The first-order valence-corrected chi connectivity index (χ1v) is 7.31. The lowest BCUT2D eigenvalue weighted by Crippen LogP contribution is -2.56. The predicted octanol–water partition coefficient (Wildman–Crippen LogP) is 1.71.